The van der Waals surface area contributed by atoms with Gasteiger partial charge in [-0.25, -0.2) is 0 Å². The minimum absolute atomic E-state index is 0.429. The third-order valence-electron chi connectivity index (χ3n) is 3.43. The van der Waals surface area contributed by atoms with Crippen molar-refractivity contribution in [3.63, 3.8) is 0 Å². The number of nitrogens with zero attached hydrogens (tertiary/aromatic N) is 2. The van der Waals surface area contributed by atoms with Gasteiger partial charge in [0.15, 0.2) is 11.0 Å². The van der Waals surface area contributed by atoms with Crippen molar-refractivity contribution in [1.82, 2.24) is 10.2 Å². The van der Waals surface area contributed by atoms with Crippen LogP contribution in [0.15, 0.2) is 48.5 Å². The zero-order valence-electron chi connectivity index (χ0n) is 11.8. The highest BCUT2D eigenvalue weighted by molar-refractivity contribution is 6.34. The van der Waals surface area contributed by atoms with Crippen LogP contribution in [0.5, 0.6) is 0 Å². The Balaban J connectivity index is 2.05. The van der Waals surface area contributed by atoms with Crippen LogP contribution in [-0.2, 0) is 6.42 Å². The van der Waals surface area contributed by atoms with Crippen LogP contribution in [0.3, 0.4) is 0 Å². The second kappa shape index (κ2) is 6.10. The van der Waals surface area contributed by atoms with E-state index in [0.29, 0.717) is 5.15 Å². The van der Waals surface area contributed by atoms with E-state index in [4.69, 9.17) is 11.6 Å². The summed E-state index contributed by atoms with van der Waals surface area (Å²) in [6, 6.07) is 16.2. The van der Waals surface area contributed by atoms with E-state index in [1.54, 1.807) is 0 Å². The minimum atomic E-state index is 0.429. The van der Waals surface area contributed by atoms with Gasteiger partial charge in [0.25, 0.3) is 0 Å². The third-order valence-corrected chi connectivity index (χ3v) is 3.71. The summed E-state index contributed by atoms with van der Waals surface area (Å²) in [5.74, 6) is 0.735. The Morgan fingerprint density at radius 3 is 2.48 bits per heavy atom. The normalized spacial score (nSPS) is 10.8. The summed E-state index contributed by atoms with van der Waals surface area (Å²) in [5, 5.41) is 13.9. The molecule has 0 atom stereocenters. The smallest absolute Gasteiger partial charge is 0.161 e. The maximum atomic E-state index is 6.11. The average Bonchev–Trinajstić information content (AvgIpc) is 2.52. The molecule has 1 N–H and O–H groups in total. The SMILES string of the molecule is CCCc1ccccc1Nc1nnc(Cl)c2ccccc12. The van der Waals surface area contributed by atoms with E-state index in [2.05, 4.69) is 40.6 Å². The Hall–Kier alpha value is -2.13. The predicted octanol–water partition coefficient (Wildman–Crippen LogP) is 4.98. The molecule has 21 heavy (non-hydrogen) atoms. The van der Waals surface area contributed by atoms with E-state index in [9.17, 15) is 0 Å². The van der Waals surface area contributed by atoms with Crippen LogP contribution >= 0.6 is 11.6 Å². The lowest BCUT2D eigenvalue weighted by Crippen LogP contribution is -2.00. The van der Waals surface area contributed by atoms with Crippen molar-refractivity contribution in [2.24, 2.45) is 0 Å². The molecular weight excluding hydrogens is 282 g/mol. The summed E-state index contributed by atoms with van der Waals surface area (Å²) < 4.78 is 0. The fourth-order valence-electron chi connectivity index (χ4n) is 2.42. The molecule has 1 heterocycles. The third kappa shape index (κ3) is 2.83. The van der Waals surface area contributed by atoms with Gasteiger partial charge < -0.3 is 5.32 Å². The molecule has 0 saturated heterocycles. The van der Waals surface area contributed by atoms with Crippen LogP contribution in [0.4, 0.5) is 11.5 Å². The molecule has 0 fully saturated rings. The summed E-state index contributed by atoms with van der Waals surface area (Å²) in [6.45, 7) is 2.17. The first kappa shape index (κ1) is 13.8. The van der Waals surface area contributed by atoms with Crippen molar-refractivity contribution in [3.05, 3.63) is 59.2 Å². The first-order chi connectivity index (χ1) is 10.3. The maximum absolute atomic E-state index is 6.11. The molecule has 0 saturated carbocycles. The van der Waals surface area contributed by atoms with Gasteiger partial charge in [0.05, 0.1) is 0 Å². The number of aryl methyl sites for hydroxylation is 1. The van der Waals surface area contributed by atoms with Gasteiger partial charge in [0.1, 0.15) is 0 Å². The molecule has 0 spiro atoms. The summed E-state index contributed by atoms with van der Waals surface area (Å²) >= 11 is 6.11. The molecule has 0 amide bonds. The molecule has 3 rings (SSSR count). The van der Waals surface area contributed by atoms with Gasteiger partial charge in [-0.3, -0.25) is 0 Å². The van der Waals surface area contributed by atoms with Gasteiger partial charge in [0, 0.05) is 16.5 Å². The Morgan fingerprint density at radius 1 is 0.952 bits per heavy atom. The minimum Gasteiger partial charge on any atom is -0.338 e. The number of rotatable bonds is 4. The number of hydrogen-bond donors (Lipinski definition) is 1. The monoisotopic (exact) mass is 297 g/mol. The highest BCUT2D eigenvalue weighted by atomic mass is 35.5. The van der Waals surface area contributed by atoms with Crippen LogP contribution in [-0.4, -0.2) is 10.2 Å². The number of anilines is 2. The van der Waals surface area contributed by atoms with Crippen molar-refractivity contribution in [2.75, 3.05) is 5.32 Å². The standard InChI is InChI=1S/C17H16ClN3/c1-2-7-12-8-3-6-11-15(12)19-17-14-10-5-4-9-13(14)16(18)20-21-17/h3-6,8-11H,2,7H2,1H3,(H,19,21). The molecule has 0 unspecified atom stereocenters. The lowest BCUT2D eigenvalue weighted by molar-refractivity contribution is 0.923. The average molecular weight is 298 g/mol. The highest BCUT2D eigenvalue weighted by Crippen LogP contribution is 2.29. The van der Waals surface area contributed by atoms with Crippen molar-refractivity contribution in [3.8, 4) is 0 Å². The molecular formula is C17H16ClN3. The molecule has 0 radical (unpaired) electrons. The van der Waals surface area contributed by atoms with Gasteiger partial charge in [-0.1, -0.05) is 67.4 Å². The number of benzene rings is 2. The predicted molar refractivity (Wildman–Crippen MR) is 88.3 cm³/mol. The first-order valence-corrected chi connectivity index (χ1v) is 7.43. The Morgan fingerprint density at radius 2 is 1.67 bits per heavy atom. The molecule has 106 valence electrons. The van der Waals surface area contributed by atoms with E-state index >= 15 is 0 Å². The van der Waals surface area contributed by atoms with Crippen LogP contribution < -0.4 is 5.32 Å². The molecule has 0 aliphatic carbocycles. The quantitative estimate of drug-likeness (QED) is 0.738. The van der Waals surface area contributed by atoms with Gasteiger partial charge in [-0.05, 0) is 18.1 Å². The van der Waals surface area contributed by atoms with E-state index in [0.717, 1.165) is 35.1 Å². The Bertz CT molecular complexity index is 771. The Labute approximate surface area is 129 Å². The van der Waals surface area contributed by atoms with Gasteiger partial charge in [-0.15, -0.1) is 10.2 Å². The van der Waals surface area contributed by atoms with E-state index in [-0.39, 0.29) is 0 Å². The number of aromatic nitrogens is 2. The lowest BCUT2D eigenvalue weighted by atomic mass is 10.1. The van der Waals surface area contributed by atoms with E-state index in [1.807, 2.05) is 30.3 Å². The lowest BCUT2D eigenvalue weighted by Gasteiger charge is -2.12. The van der Waals surface area contributed by atoms with Gasteiger partial charge >= 0.3 is 0 Å². The largest absolute Gasteiger partial charge is 0.338 e. The molecule has 4 heteroatoms. The molecule has 2 aromatic carbocycles. The highest BCUT2D eigenvalue weighted by Gasteiger charge is 2.09. The number of hydrogen-bond acceptors (Lipinski definition) is 3. The van der Waals surface area contributed by atoms with Crippen LogP contribution in [0.25, 0.3) is 10.8 Å². The fourth-order valence-corrected chi connectivity index (χ4v) is 2.62. The number of nitrogens with one attached hydrogen (secondary N) is 1. The van der Waals surface area contributed by atoms with Crippen molar-refractivity contribution < 1.29 is 0 Å². The topological polar surface area (TPSA) is 37.8 Å². The van der Waals surface area contributed by atoms with E-state index in [1.165, 1.54) is 5.56 Å². The summed E-state index contributed by atoms with van der Waals surface area (Å²) in [4.78, 5) is 0. The van der Waals surface area contributed by atoms with Crippen LogP contribution in [0.2, 0.25) is 5.15 Å². The van der Waals surface area contributed by atoms with Gasteiger partial charge in [-0.2, -0.15) is 0 Å². The zero-order valence-corrected chi connectivity index (χ0v) is 12.6. The fraction of sp³-hybridized carbons (Fsp3) is 0.176. The summed E-state index contributed by atoms with van der Waals surface area (Å²) in [7, 11) is 0. The molecule has 0 aliphatic rings. The second-order valence-corrected chi connectivity index (χ2v) is 5.28. The van der Waals surface area contributed by atoms with Gasteiger partial charge in [0.2, 0.25) is 0 Å². The number of halogens is 1. The molecule has 0 aliphatic heterocycles. The molecule has 1 aromatic heterocycles. The number of fused-ring (bicyclic) bond motifs is 1. The van der Waals surface area contributed by atoms with Crippen LogP contribution in [0.1, 0.15) is 18.9 Å². The van der Waals surface area contributed by atoms with E-state index < -0.39 is 0 Å². The molecule has 3 aromatic rings. The van der Waals surface area contributed by atoms with Crippen LogP contribution in [0, 0.1) is 0 Å². The summed E-state index contributed by atoms with van der Waals surface area (Å²) in [6.07, 6.45) is 2.13. The van der Waals surface area contributed by atoms with Crippen molar-refractivity contribution in [2.45, 2.75) is 19.8 Å². The van der Waals surface area contributed by atoms with Crippen molar-refractivity contribution >= 4 is 33.9 Å². The number of para-hydroxylation sites is 1. The first-order valence-electron chi connectivity index (χ1n) is 7.05. The molecule has 3 nitrogen and oxygen atoms in total. The molecule has 0 bridgehead atoms. The zero-order chi connectivity index (χ0) is 14.7. The second-order valence-electron chi connectivity index (χ2n) is 4.92. The van der Waals surface area contributed by atoms with Crippen molar-refractivity contribution in [1.29, 1.82) is 0 Å². The summed E-state index contributed by atoms with van der Waals surface area (Å²) in [5.41, 5.74) is 2.35. The Kier molecular flexibility index (Phi) is 4.02. The maximum Gasteiger partial charge on any atom is 0.161 e.